The summed E-state index contributed by atoms with van der Waals surface area (Å²) in [4.78, 5) is 68.3. The Labute approximate surface area is 347 Å². The lowest BCUT2D eigenvalue weighted by Gasteiger charge is -2.49. The van der Waals surface area contributed by atoms with E-state index < -0.39 is 58.5 Å². The van der Waals surface area contributed by atoms with Gasteiger partial charge < -0.3 is 58.8 Å². The second kappa shape index (κ2) is 18.8. The Morgan fingerprint density at radius 3 is 2.57 bits per heavy atom. The highest BCUT2D eigenvalue weighted by molar-refractivity contribution is 8.00. The van der Waals surface area contributed by atoms with Gasteiger partial charge >= 0.3 is 17.1 Å². The number of esters is 1. The molecule has 4 heterocycles. The number of phenols is 2. The van der Waals surface area contributed by atoms with E-state index in [1.54, 1.807) is 48.7 Å². The molecule has 4 aromatic rings. The van der Waals surface area contributed by atoms with Crippen LogP contribution in [-0.4, -0.2) is 89.7 Å². The predicted molar refractivity (Wildman–Crippen MR) is 208 cm³/mol. The minimum atomic E-state index is -1.83. The molecule has 304 valence electrons. The zero-order chi connectivity index (χ0) is 40.8. The number of methoxy groups -OCH3 is 1. The topological polar surface area (TPSA) is 292 Å². The molecule has 2 amide bonds. The summed E-state index contributed by atoms with van der Waals surface area (Å²) in [6, 6.07) is 10.5. The number of β-lactam (4-membered cyclic amide) rings is 1. The van der Waals surface area contributed by atoms with Gasteiger partial charge in [0.2, 0.25) is 11.9 Å². The summed E-state index contributed by atoms with van der Waals surface area (Å²) < 4.78 is 12.2. The van der Waals surface area contributed by atoms with E-state index in [9.17, 15) is 34.5 Å². The number of thioether (sulfide) groups is 2. The maximum Gasteiger partial charge on any atom is 0.384 e. The number of carboxylic acids is 1. The quantitative estimate of drug-likeness (QED) is 0.00817. The van der Waals surface area contributed by atoms with Crippen molar-refractivity contribution >= 4 is 75.3 Å². The number of nitrogen functional groups attached to an aromatic ring is 3. The average Bonchev–Trinajstić information content (AvgIpc) is 3.63. The van der Waals surface area contributed by atoms with Crippen LogP contribution in [0, 0.1) is 0 Å². The number of aromatic nitrogens is 3. The molecule has 58 heavy (non-hydrogen) atoms. The number of halogens is 1. The summed E-state index contributed by atoms with van der Waals surface area (Å²) in [5.41, 5.74) is 12.1. The molecule has 1 fully saturated rings. The van der Waals surface area contributed by atoms with Gasteiger partial charge in [0.05, 0.1) is 7.11 Å². The second-order valence-electron chi connectivity index (χ2n) is 12.0. The SMILES string of the molecule is COc1ccc(COC(=O)C2=C(/C=C/CSc3nc(N)cc[n+]3N)CS[C@@H]3[C@H](NC(=O)/C(=N\OC(C(=O)O)c4ccc(O)c(O)c4)c4csc(N)n4)C(=O)N23)cc1.[Cl-]. The molecule has 1 saturated heterocycles. The molecule has 2 aliphatic heterocycles. The van der Waals surface area contributed by atoms with E-state index in [-0.39, 0.29) is 46.9 Å². The van der Waals surface area contributed by atoms with Gasteiger partial charge in [-0.15, -0.1) is 27.8 Å². The van der Waals surface area contributed by atoms with Crippen LogP contribution in [-0.2, 0) is 35.4 Å². The fourth-order valence-corrected chi connectivity index (χ4v) is 8.00. The zero-order valence-electron chi connectivity index (χ0n) is 30.1. The van der Waals surface area contributed by atoms with Crippen molar-refractivity contribution in [1.82, 2.24) is 20.2 Å². The van der Waals surface area contributed by atoms with Gasteiger partial charge in [-0.3, -0.25) is 20.3 Å². The first kappa shape index (κ1) is 42.9. The number of allylic oxidation sites excluding steroid dienone is 1. The fraction of sp³-hybridized carbons (Fsp3) is 0.200. The number of rotatable bonds is 15. The van der Waals surface area contributed by atoms with Crippen LogP contribution in [0.3, 0.4) is 0 Å². The first-order chi connectivity index (χ1) is 27.3. The van der Waals surface area contributed by atoms with Gasteiger partial charge in [-0.25, -0.2) is 14.6 Å². The maximum atomic E-state index is 13.8. The Bertz CT molecular complexity index is 2310. The zero-order valence-corrected chi connectivity index (χ0v) is 33.3. The maximum absolute atomic E-state index is 13.8. The number of thiazole rings is 1. The Balaban J connectivity index is 0.00000641. The van der Waals surface area contributed by atoms with E-state index in [0.717, 1.165) is 23.5 Å². The van der Waals surface area contributed by atoms with Crippen molar-refractivity contribution in [1.29, 1.82) is 0 Å². The number of nitrogens with two attached hydrogens (primary N) is 3. The van der Waals surface area contributed by atoms with E-state index in [4.69, 9.17) is 31.6 Å². The highest BCUT2D eigenvalue weighted by Crippen LogP contribution is 2.41. The van der Waals surface area contributed by atoms with Gasteiger partial charge in [-0.05, 0) is 52.1 Å². The number of anilines is 2. The van der Waals surface area contributed by atoms with Gasteiger partial charge in [0, 0.05) is 28.5 Å². The number of nitrogens with zero attached hydrogens (tertiary/aromatic N) is 5. The molecule has 2 aromatic carbocycles. The minimum Gasteiger partial charge on any atom is -1.00 e. The number of nitrogens with one attached hydrogen (secondary N) is 1. The van der Waals surface area contributed by atoms with Crippen LogP contribution in [0.5, 0.6) is 17.2 Å². The number of phenolic OH excluding ortho intramolecular Hbond substituents is 2. The van der Waals surface area contributed by atoms with Crippen LogP contribution in [0.4, 0.5) is 10.9 Å². The summed E-state index contributed by atoms with van der Waals surface area (Å²) >= 11 is 3.54. The van der Waals surface area contributed by atoms with Crippen molar-refractivity contribution in [3.05, 3.63) is 100 Å². The van der Waals surface area contributed by atoms with Crippen molar-refractivity contribution in [2.24, 2.45) is 5.16 Å². The third-order valence-corrected chi connectivity index (χ3v) is 11.1. The standard InChI is InChI=1S/C35H33N9O10S3.ClH/c1-52-20-7-4-17(5-8-20)14-53-33(51)27-19(3-2-12-55-35-40-24(36)10-11-43(35)38)15-56-31-26(30(48)44(27)31)41-29(47)25(21-16-57-34(37)39-21)42-54-28(32(49)50)18-6-9-22(45)23(46)13-18;/h2-11,13,16,26,28,31,36H,12,14-15,38H2,1H3,(H6,37,39,41,42,45,46,47,49,50);1H/b3-2+;/t26-,28?,31-;/m1./s1. The summed E-state index contributed by atoms with van der Waals surface area (Å²) in [6.07, 6.45) is 3.22. The fourth-order valence-electron chi connectivity index (χ4n) is 5.41. The minimum absolute atomic E-state index is 0. The van der Waals surface area contributed by atoms with Gasteiger partial charge in [0.1, 0.15) is 41.4 Å². The smallest absolute Gasteiger partial charge is 0.384 e. The lowest BCUT2D eigenvalue weighted by molar-refractivity contribution is -0.682. The van der Waals surface area contributed by atoms with Crippen LogP contribution >= 0.6 is 34.9 Å². The third kappa shape index (κ3) is 9.65. The number of benzene rings is 2. The third-order valence-electron chi connectivity index (χ3n) is 8.24. The molecular weight excluding hydrogens is 838 g/mol. The lowest BCUT2D eigenvalue weighted by atomic mass is 10.0. The molecule has 1 unspecified atom stereocenters. The molecule has 23 heteroatoms. The largest absolute Gasteiger partial charge is 1.00 e. The monoisotopic (exact) mass is 871 g/mol. The number of ether oxygens (including phenoxy) is 2. The van der Waals surface area contributed by atoms with E-state index in [1.165, 1.54) is 51.7 Å². The number of carbonyl (C=O) groups is 4. The molecule has 2 aromatic heterocycles. The molecule has 0 saturated carbocycles. The van der Waals surface area contributed by atoms with E-state index in [0.29, 0.717) is 33.6 Å². The molecule has 3 atom stereocenters. The first-order valence-corrected chi connectivity index (χ1v) is 19.5. The van der Waals surface area contributed by atoms with E-state index in [1.807, 2.05) is 0 Å². The normalized spacial score (nSPS) is 16.8. The Hall–Kier alpha value is -6.23. The van der Waals surface area contributed by atoms with Gasteiger partial charge in [0.25, 0.3) is 11.8 Å². The number of hydrogen-bond donors (Lipinski definition) is 7. The number of fused-ring (bicyclic) bond motifs is 1. The van der Waals surface area contributed by atoms with Crippen LogP contribution in [0.2, 0.25) is 0 Å². The molecule has 19 nitrogen and oxygen atoms in total. The second-order valence-corrected chi connectivity index (χ2v) is 15.0. The summed E-state index contributed by atoms with van der Waals surface area (Å²) in [5.74, 6) is 2.49. The van der Waals surface area contributed by atoms with Gasteiger partial charge in [-0.1, -0.05) is 35.5 Å². The van der Waals surface area contributed by atoms with Crippen molar-refractivity contribution in [2.75, 3.05) is 35.9 Å². The van der Waals surface area contributed by atoms with Crippen LogP contribution in [0.1, 0.15) is 22.9 Å². The van der Waals surface area contributed by atoms with E-state index >= 15 is 0 Å². The lowest BCUT2D eigenvalue weighted by Crippen LogP contribution is -3.00. The molecule has 0 bridgehead atoms. The van der Waals surface area contributed by atoms with Crippen molar-refractivity contribution in [3.63, 3.8) is 0 Å². The summed E-state index contributed by atoms with van der Waals surface area (Å²) in [5, 5.41) is 37.0. The average molecular weight is 872 g/mol. The van der Waals surface area contributed by atoms with Crippen molar-refractivity contribution in [3.8, 4) is 17.2 Å². The highest BCUT2D eigenvalue weighted by atomic mass is 35.5. The van der Waals surface area contributed by atoms with E-state index in [2.05, 4.69) is 20.4 Å². The number of aromatic hydroxyl groups is 2. The molecule has 2 aliphatic rings. The number of carboxylic acid groups (broad SMARTS) is 1. The van der Waals surface area contributed by atoms with Crippen LogP contribution in [0.25, 0.3) is 0 Å². The number of oxime groups is 1. The number of amides is 2. The number of carbonyl (C=O) groups excluding carboxylic acids is 3. The van der Waals surface area contributed by atoms with Crippen LogP contribution in [0.15, 0.2) is 93.8 Å². The predicted octanol–water partition coefficient (Wildman–Crippen LogP) is -1.58. The molecular formula is C35H34ClN9O10S3. The molecule has 0 aliphatic carbocycles. The molecule has 6 rings (SSSR count). The Kier molecular flexibility index (Phi) is 13.9. The summed E-state index contributed by atoms with van der Waals surface area (Å²) in [6.45, 7) is -0.103. The van der Waals surface area contributed by atoms with Gasteiger partial charge in [-0.2, -0.15) is 0 Å². The van der Waals surface area contributed by atoms with Crippen molar-refractivity contribution < 1.29 is 65.9 Å². The Morgan fingerprint density at radius 2 is 1.90 bits per heavy atom. The molecule has 0 spiro atoms. The number of aliphatic carboxylic acids is 1. The Morgan fingerprint density at radius 1 is 1.14 bits per heavy atom. The molecule has 0 radical (unpaired) electrons. The highest BCUT2D eigenvalue weighted by Gasteiger charge is 2.54. The van der Waals surface area contributed by atoms with Crippen LogP contribution < -0.4 is 44.4 Å². The summed E-state index contributed by atoms with van der Waals surface area (Å²) in [7, 11) is 1.53. The van der Waals surface area contributed by atoms with Crippen molar-refractivity contribution in [2.45, 2.75) is 29.3 Å². The first-order valence-electron chi connectivity index (χ1n) is 16.6. The van der Waals surface area contributed by atoms with Gasteiger partial charge in [0.15, 0.2) is 22.3 Å². The molecule has 10 N–H and O–H groups in total. The number of hydrogen-bond acceptors (Lipinski definition) is 18.